The minimum atomic E-state index is -1.71. The first-order valence-corrected chi connectivity index (χ1v) is 8.09. The highest BCUT2D eigenvalue weighted by Crippen LogP contribution is 2.19. The maximum absolute atomic E-state index is 13.5. The summed E-state index contributed by atoms with van der Waals surface area (Å²) in [5, 5.41) is 4.50. The van der Waals surface area contributed by atoms with E-state index in [-0.39, 0.29) is 18.9 Å². The number of benzene rings is 2. The Bertz CT molecular complexity index is 864. The summed E-state index contributed by atoms with van der Waals surface area (Å²) in [5.41, 5.74) is -0.545. The monoisotopic (exact) mass is 399 g/mol. The minimum absolute atomic E-state index is 0.00717. The molecule has 10 heteroatoms. The van der Waals surface area contributed by atoms with Crippen molar-refractivity contribution in [2.75, 3.05) is 32.1 Å². The number of nitrogens with zero attached hydrogens (tertiary/aromatic N) is 1. The lowest BCUT2D eigenvalue weighted by Crippen LogP contribution is -2.42. The SMILES string of the molecule is CN(CC(=O)Nc1ccc(F)c(F)c1F)C(=O)NCCOc1ccccc1F. The molecule has 2 N–H and O–H groups in total. The second-order valence-electron chi connectivity index (χ2n) is 5.64. The second kappa shape index (κ2) is 9.58. The number of hydrogen-bond donors (Lipinski definition) is 2. The highest BCUT2D eigenvalue weighted by atomic mass is 19.2. The number of urea groups is 1. The van der Waals surface area contributed by atoms with Gasteiger partial charge in [0.1, 0.15) is 13.2 Å². The third-order valence-electron chi connectivity index (χ3n) is 3.51. The van der Waals surface area contributed by atoms with Crippen molar-refractivity contribution in [3.05, 3.63) is 59.7 Å². The lowest BCUT2D eigenvalue weighted by molar-refractivity contribution is -0.116. The van der Waals surface area contributed by atoms with Crippen molar-refractivity contribution in [2.45, 2.75) is 0 Å². The number of para-hydroxylation sites is 1. The van der Waals surface area contributed by atoms with E-state index < -0.39 is 47.4 Å². The number of amides is 3. The number of hydrogen-bond acceptors (Lipinski definition) is 3. The van der Waals surface area contributed by atoms with Crippen LogP contribution < -0.4 is 15.4 Å². The van der Waals surface area contributed by atoms with Gasteiger partial charge < -0.3 is 20.3 Å². The Morgan fingerprint density at radius 2 is 1.71 bits per heavy atom. The number of carbonyl (C=O) groups excluding carboxylic acids is 2. The van der Waals surface area contributed by atoms with Crippen molar-refractivity contribution in [1.82, 2.24) is 10.2 Å². The molecule has 0 saturated heterocycles. The molecule has 6 nitrogen and oxygen atoms in total. The van der Waals surface area contributed by atoms with Crippen LogP contribution in [0, 0.1) is 23.3 Å². The Kier molecular flexibility index (Phi) is 7.19. The number of halogens is 4. The summed E-state index contributed by atoms with van der Waals surface area (Å²) in [6, 6.07) is 6.67. The number of anilines is 1. The van der Waals surface area contributed by atoms with Crippen LogP contribution in [0.1, 0.15) is 0 Å². The van der Waals surface area contributed by atoms with Gasteiger partial charge in [0.25, 0.3) is 0 Å². The molecule has 2 aromatic carbocycles. The van der Waals surface area contributed by atoms with E-state index in [0.717, 1.165) is 11.0 Å². The summed E-state index contributed by atoms with van der Waals surface area (Å²) in [6.07, 6.45) is 0. The smallest absolute Gasteiger partial charge is 0.317 e. The van der Waals surface area contributed by atoms with E-state index in [1.807, 2.05) is 0 Å². The second-order valence-corrected chi connectivity index (χ2v) is 5.64. The Morgan fingerprint density at radius 1 is 1.00 bits per heavy atom. The standard InChI is InChI=1S/C18H17F4N3O3/c1-25(10-15(26)24-13-7-6-12(20)16(21)17(13)22)18(27)23-8-9-28-14-5-3-2-4-11(14)19/h2-7H,8-10H2,1H3,(H,23,27)(H,24,26). The summed E-state index contributed by atoms with van der Waals surface area (Å²) in [4.78, 5) is 24.7. The first-order valence-electron chi connectivity index (χ1n) is 8.09. The Balaban J connectivity index is 1.76. The molecule has 0 spiro atoms. The van der Waals surface area contributed by atoms with Gasteiger partial charge in [-0.2, -0.15) is 0 Å². The van der Waals surface area contributed by atoms with Crippen molar-refractivity contribution in [2.24, 2.45) is 0 Å². The minimum Gasteiger partial charge on any atom is -0.489 e. The summed E-state index contributed by atoms with van der Waals surface area (Å²) in [6.45, 7) is -0.442. The van der Waals surface area contributed by atoms with Crippen LogP contribution in [0.25, 0.3) is 0 Å². The van der Waals surface area contributed by atoms with Gasteiger partial charge in [-0.1, -0.05) is 12.1 Å². The van der Waals surface area contributed by atoms with E-state index >= 15 is 0 Å². The fourth-order valence-corrected chi connectivity index (χ4v) is 2.12. The van der Waals surface area contributed by atoms with Crippen LogP contribution in [0.3, 0.4) is 0 Å². The van der Waals surface area contributed by atoms with Crippen LogP contribution >= 0.6 is 0 Å². The van der Waals surface area contributed by atoms with Crippen molar-refractivity contribution in [1.29, 1.82) is 0 Å². The van der Waals surface area contributed by atoms with E-state index in [4.69, 9.17) is 4.74 Å². The predicted octanol–water partition coefficient (Wildman–Crippen LogP) is 2.90. The molecule has 2 rings (SSSR count). The quantitative estimate of drug-likeness (QED) is 0.427. The van der Waals surface area contributed by atoms with Crippen molar-refractivity contribution in [3.63, 3.8) is 0 Å². The zero-order chi connectivity index (χ0) is 20.7. The van der Waals surface area contributed by atoms with Crippen LogP contribution in [0.5, 0.6) is 5.75 Å². The highest BCUT2D eigenvalue weighted by Gasteiger charge is 2.17. The summed E-state index contributed by atoms with van der Waals surface area (Å²) >= 11 is 0. The van der Waals surface area contributed by atoms with Crippen molar-refractivity contribution < 1.29 is 31.9 Å². The van der Waals surface area contributed by atoms with E-state index in [2.05, 4.69) is 10.6 Å². The molecule has 0 aromatic heterocycles. The van der Waals surface area contributed by atoms with Crippen LogP contribution in [-0.4, -0.2) is 43.6 Å². The largest absolute Gasteiger partial charge is 0.489 e. The molecule has 0 radical (unpaired) electrons. The van der Waals surface area contributed by atoms with E-state index in [1.54, 1.807) is 6.07 Å². The molecular weight excluding hydrogens is 382 g/mol. The molecule has 0 bridgehead atoms. The maximum Gasteiger partial charge on any atom is 0.317 e. The van der Waals surface area contributed by atoms with Gasteiger partial charge in [-0.25, -0.2) is 22.4 Å². The molecule has 150 valence electrons. The first-order chi connectivity index (χ1) is 13.3. The molecule has 0 saturated carbocycles. The van der Waals surface area contributed by atoms with Gasteiger partial charge in [-0.3, -0.25) is 4.79 Å². The summed E-state index contributed by atoms with van der Waals surface area (Å²) in [5.74, 6) is -5.94. The van der Waals surface area contributed by atoms with Crippen LogP contribution in [0.4, 0.5) is 28.0 Å². The third kappa shape index (κ3) is 5.60. The molecule has 3 amide bonds. The number of nitrogens with one attached hydrogen (secondary N) is 2. The Labute approximate surface area is 158 Å². The molecule has 0 unspecified atom stereocenters. The number of carbonyl (C=O) groups is 2. The Hall–Kier alpha value is -3.30. The molecule has 2 aromatic rings. The van der Waals surface area contributed by atoms with Gasteiger partial charge in [0.15, 0.2) is 29.0 Å². The zero-order valence-corrected chi connectivity index (χ0v) is 14.8. The van der Waals surface area contributed by atoms with Crippen LogP contribution in [-0.2, 0) is 4.79 Å². The lowest BCUT2D eigenvalue weighted by atomic mass is 10.2. The predicted molar refractivity (Wildman–Crippen MR) is 92.9 cm³/mol. The average Bonchev–Trinajstić information content (AvgIpc) is 2.66. The van der Waals surface area contributed by atoms with Gasteiger partial charge in [-0.15, -0.1) is 0 Å². The number of ether oxygens (including phenoxy) is 1. The topological polar surface area (TPSA) is 70.7 Å². The van der Waals surface area contributed by atoms with Crippen LogP contribution in [0.2, 0.25) is 0 Å². The van der Waals surface area contributed by atoms with Gasteiger partial charge in [0, 0.05) is 7.05 Å². The Morgan fingerprint density at radius 3 is 2.43 bits per heavy atom. The fourth-order valence-electron chi connectivity index (χ4n) is 2.12. The average molecular weight is 399 g/mol. The molecule has 0 aliphatic carbocycles. The molecule has 0 heterocycles. The van der Waals surface area contributed by atoms with Gasteiger partial charge in [0.2, 0.25) is 5.91 Å². The molecule has 0 aliphatic rings. The maximum atomic E-state index is 13.5. The summed E-state index contributed by atoms with van der Waals surface area (Å²) < 4.78 is 58.1. The third-order valence-corrected chi connectivity index (χ3v) is 3.51. The highest BCUT2D eigenvalue weighted by molar-refractivity contribution is 5.94. The molecular formula is C18H17F4N3O3. The molecule has 0 atom stereocenters. The van der Waals surface area contributed by atoms with Crippen molar-refractivity contribution in [3.8, 4) is 5.75 Å². The fraction of sp³-hybridized carbons (Fsp3) is 0.222. The molecule has 0 aliphatic heterocycles. The molecule has 28 heavy (non-hydrogen) atoms. The van der Waals surface area contributed by atoms with Crippen LogP contribution in [0.15, 0.2) is 36.4 Å². The normalized spacial score (nSPS) is 10.3. The zero-order valence-electron chi connectivity index (χ0n) is 14.8. The van der Waals surface area contributed by atoms with Gasteiger partial charge >= 0.3 is 6.03 Å². The van der Waals surface area contributed by atoms with E-state index in [0.29, 0.717) is 6.07 Å². The van der Waals surface area contributed by atoms with Gasteiger partial charge in [0.05, 0.1) is 12.2 Å². The van der Waals surface area contributed by atoms with Crippen molar-refractivity contribution >= 4 is 17.6 Å². The number of likely N-dealkylation sites (N-methyl/N-ethyl adjacent to an activating group) is 1. The molecule has 0 fully saturated rings. The first kappa shape index (κ1) is 21.0. The number of rotatable bonds is 7. The lowest BCUT2D eigenvalue weighted by Gasteiger charge is -2.18. The van der Waals surface area contributed by atoms with Gasteiger partial charge in [-0.05, 0) is 24.3 Å². The van der Waals surface area contributed by atoms with E-state index in [9.17, 15) is 27.2 Å². The van der Waals surface area contributed by atoms with E-state index in [1.165, 1.54) is 25.2 Å². The summed E-state index contributed by atoms with van der Waals surface area (Å²) in [7, 11) is 1.30.